The van der Waals surface area contributed by atoms with Gasteiger partial charge in [-0.3, -0.25) is 0 Å². The standard InChI is InChI=1S/C26H22F2O3/c1-2-3-4-18-30-22-16-12-20(13-17-22)9-8-19-10-14-21(15-11-19)26(29)31-25-23(27)6-5-7-24(25)28/h5-7,10-17H,2-4,18H2,1H3. The summed E-state index contributed by atoms with van der Waals surface area (Å²) < 4.78 is 37.8. The number of hydrogen-bond donors (Lipinski definition) is 0. The van der Waals surface area contributed by atoms with Crippen LogP contribution in [0.1, 0.15) is 47.7 Å². The molecule has 0 heterocycles. The Balaban J connectivity index is 1.60. The summed E-state index contributed by atoms with van der Waals surface area (Å²) in [6.45, 7) is 2.86. The van der Waals surface area contributed by atoms with Gasteiger partial charge in [0.1, 0.15) is 5.75 Å². The average molecular weight is 420 g/mol. The molecule has 0 saturated carbocycles. The van der Waals surface area contributed by atoms with E-state index in [2.05, 4.69) is 18.8 Å². The summed E-state index contributed by atoms with van der Waals surface area (Å²) in [5.41, 5.74) is 1.69. The number of esters is 1. The van der Waals surface area contributed by atoms with E-state index in [1.807, 2.05) is 24.3 Å². The fourth-order valence-corrected chi connectivity index (χ4v) is 2.74. The molecule has 3 aromatic rings. The van der Waals surface area contributed by atoms with E-state index in [4.69, 9.17) is 9.47 Å². The van der Waals surface area contributed by atoms with Crippen LogP contribution in [0.15, 0.2) is 66.7 Å². The van der Waals surface area contributed by atoms with E-state index in [1.165, 1.54) is 18.2 Å². The first-order valence-electron chi connectivity index (χ1n) is 10.1. The lowest BCUT2D eigenvalue weighted by Gasteiger charge is -2.06. The van der Waals surface area contributed by atoms with Crippen LogP contribution in [0.4, 0.5) is 8.78 Å². The Morgan fingerprint density at radius 2 is 1.42 bits per heavy atom. The summed E-state index contributed by atoms with van der Waals surface area (Å²) in [5, 5.41) is 0. The maximum atomic E-state index is 13.6. The Morgan fingerprint density at radius 3 is 2.00 bits per heavy atom. The lowest BCUT2D eigenvalue weighted by Crippen LogP contribution is -2.10. The van der Waals surface area contributed by atoms with Gasteiger partial charge in [0.15, 0.2) is 11.6 Å². The zero-order valence-corrected chi connectivity index (χ0v) is 17.2. The van der Waals surface area contributed by atoms with Gasteiger partial charge in [0, 0.05) is 11.1 Å². The third-order valence-electron chi connectivity index (χ3n) is 4.46. The van der Waals surface area contributed by atoms with Crippen molar-refractivity contribution in [1.29, 1.82) is 0 Å². The smallest absolute Gasteiger partial charge is 0.343 e. The number of halogens is 2. The topological polar surface area (TPSA) is 35.5 Å². The first-order chi connectivity index (χ1) is 15.1. The summed E-state index contributed by atoms with van der Waals surface area (Å²) >= 11 is 0. The molecule has 0 fully saturated rings. The summed E-state index contributed by atoms with van der Waals surface area (Å²) in [7, 11) is 0. The third kappa shape index (κ3) is 6.42. The van der Waals surface area contributed by atoms with E-state index in [9.17, 15) is 13.6 Å². The lowest BCUT2D eigenvalue weighted by atomic mass is 10.1. The molecule has 0 N–H and O–H groups in total. The number of hydrogen-bond acceptors (Lipinski definition) is 3. The van der Waals surface area contributed by atoms with E-state index in [1.54, 1.807) is 12.1 Å². The van der Waals surface area contributed by atoms with Crippen LogP contribution >= 0.6 is 0 Å². The van der Waals surface area contributed by atoms with Gasteiger partial charge in [-0.15, -0.1) is 0 Å². The molecule has 0 aliphatic carbocycles. The Morgan fingerprint density at radius 1 is 0.839 bits per heavy atom. The minimum Gasteiger partial charge on any atom is -0.494 e. The molecule has 31 heavy (non-hydrogen) atoms. The molecule has 0 aliphatic rings. The van der Waals surface area contributed by atoms with Gasteiger partial charge in [-0.05, 0) is 67.1 Å². The number of para-hydroxylation sites is 1. The van der Waals surface area contributed by atoms with Gasteiger partial charge in [0.25, 0.3) is 0 Å². The molecule has 0 spiro atoms. The van der Waals surface area contributed by atoms with Crippen LogP contribution < -0.4 is 9.47 Å². The highest BCUT2D eigenvalue weighted by Gasteiger charge is 2.15. The van der Waals surface area contributed by atoms with Gasteiger partial charge in [0.2, 0.25) is 5.75 Å². The molecule has 0 aromatic heterocycles. The zero-order chi connectivity index (χ0) is 22.1. The Bertz CT molecular complexity index is 1060. The molecule has 3 aromatic carbocycles. The molecule has 0 bridgehead atoms. The molecule has 158 valence electrons. The third-order valence-corrected chi connectivity index (χ3v) is 4.46. The van der Waals surface area contributed by atoms with Crippen molar-refractivity contribution in [3.05, 3.63) is 95.1 Å². The van der Waals surface area contributed by atoms with Crippen LogP contribution in [0.5, 0.6) is 11.5 Å². The molecule has 3 rings (SSSR count). The van der Waals surface area contributed by atoms with Crippen molar-refractivity contribution < 1.29 is 23.0 Å². The molecule has 0 amide bonds. The predicted molar refractivity (Wildman–Crippen MR) is 115 cm³/mol. The predicted octanol–water partition coefficient (Wildman–Crippen LogP) is 6.15. The SMILES string of the molecule is CCCCCOc1ccc(C#Cc2ccc(C(=O)Oc3c(F)cccc3F)cc2)cc1. The lowest BCUT2D eigenvalue weighted by molar-refractivity contribution is 0.0720. The molecule has 0 unspecified atom stereocenters. The van der Waals surface area contributed by atoms with Crippen molar-refractivity contribution in [2.75, 3.05) is 6.61 Å². The highest BCUT2D eigenvalue weighted by atomic mass is 19.1. The second-order valence-electron chi connectivity index (χ2n) is 6.85. The Labute approximate surface area is 180 Å². The van der Waals surface area contributed by atoms with E-state index < -0.39 is 23.4 Å². The molecule has 0 atom stereocenters. The van der Waals surface area contributed by atoms with Gasteiger partial charge in [-0.1, -0.05) is 37.7 Å². The summed E-state index contributed by atoms with van der Waals surface area (Å²) in [6, 6.07) is 17.1. The van der Waals surface area contributed by atoms with Crippen molar-refractivity contribution in [3.63, 3.8) is 0 Å². The number of carbonyl (C=O) groups excluding carboxylic acids is 1. The monoisotopic (exact) mass is 420 g/mol. The number of rotatable bonds is 7. The van der Waals surface area contributed by atoms with Gasteiger partial charge < -0.3 is 9.47 Å². The van der Waals surface area contributed by atoms with E-state index in [-0.39, 0.29) is 5.56 Å². The number of carbonyl (C=O) groups is 1. The second kappa shape index (κ2) is 10.9. The fourth-order valence-electron chi connectivity index (χ4n) is 2.74. The fraction of sp³-hybridized carbons (Fsp3) is 0.192. The number of unbranched alkanes of at least 4 members (excludes halogenated alkanes) is 2. The van der Waals surface area contributed by atoms with Crippen LogP contribution in [0.2, 0.25) is 0 Å². The first kappa shape index (κ1) is 22.0. The minimum absolute atomic E-state index is 0.165. The first-order valence-corrected chi connectivity index (χ1v) is 10.1. The quantitative estimate of drug-likeness (QED) is 0.199. The van der Waals surface area contributed by atoms with Crippen molar-refractivity contribution in [3.8, 4) is 23.3 Å². The highest BCUT2D eigenvalue weighted by Crippen LogP contribution is 2.22. The van der Waals surface area contributed by atoms with E-state index >= 15 is 0 Å². The molecule has 5 heteroatoms. The van der Waals surface area contributed by atoms with Crippen LogP contribution in [0, 0.1) is 23.5 Å². The maximum Gasteiger partial charge on any atom is 0.343 e. The highest BCUT2D eigenvalue weighted by molar-refractivity contribution is 5.91. The minimum atomic E-state index is -0.937. The van der Waals surface area contributed by atoms with Crippen molar-refractivity contribution in [1.82, 2.24) is 0 Å². The summed E-state index contributed by atoms with van der Waals surface area (Å²) in [4.78, 5) is 12.1. The van der Waals surface area contributed by atoms with Crippen molar-refractivity contribution >= 4 is 5.97 Å². The zero-order valence-electron chi connectivity index (χ0n) is 17.2. The number of ether oxygens (including phenoxy) is 2. The van der Waals surface area contributed by atoms with Gasteiger partial charge >= 0.3 is 5.97 Å². The molecular weight excluding hydrogens is 398 g/mol. The molecular formula is C26H22F2O3. The van der Waals surface area contributed by atoms with Gasteiger partial charge in [-0.25, -0.2) is 13.6 Å². The maximum absolute atomic E-state index is 13.6. The van der Waals surface area contributed by atoms with E-state index in [0.29, 0.717) is 12.2 Å². The molecule has 0 radical (unpaired) electrons. The van der Waals surface area contributed by atoms with Crippen LogP contribution in [0.25, 0.3) is 0 Å². The van der Waals surface area contributed by atoms with Crippen LogP contribution in [-0.4, -0.2) is 12.6 Å². The van der Waals surface area contributed by atoms with E-state index in [0.717, 1.165) is 42.7 Å². The van der Waals surface area contributed by atoms with Crippen molar-refractivity contribution in [2.24, 2.45) is 0 Å². The summed E-state index contributed by atoms with van der Waals surface area (Å²) in [6.07, 6.45) is 3.35. The second-order valence-corrected chi connectivity index (χ2v) is 6.85. The average Bonchev–Trinajstić information content (AvgIpc) is 2.79. The van der Waals surface area contributed by atoms with Crippen molar-refractivity contribution in [2.45, 2.75) is 26.2 Å². The van der Waals surface area contributed by atoms with Crippen LogP contribution in [-0.2, 0) is 0 Å². The van der Waals surface area contributed by atoms with Gasteiger partial charge in [0.05, 0.1) is 12.2 Å². The normalized spacial score (nSPS) is 10.2. The number of benzene rings is 3. The molecule has 0 saturated heterocycles. The largest absolute Gasteiger partial charge is 0.494 e. The Kier molecular flexibility index (Phi) is 7.78. The van der Waals surface area contributed by atoms with Crippen LogP contribution in [0.3, 0.4) is 0 Å². The Hall–Kier alpha value is -3.65. The molecule has 0 aliphatic heterocycles. The molecule has 3 nitrogen and oxygen atoms in total. The van der Waals surface area contributed by atoms with Gasteiger partial charge in [-0.2, -0.15) is 0 Å². The summed E-state index contributed by atoms with van der Waals surface area (Å²) in [5.74, 6) is 3.44.